The van der Waals surface area contributed by atoms with Gasteiger partial charge in [0.05, 0.1) is 6.42 Å². The molecule has 3 N–H and O–H groups in total. The molecule has 5 nitrogen and oxygen atoms in total. The van der Waals surface area contributed by atoms with Gasteiger partial charge in [0.1, 0.15) is 5.82 Å². The van der Waals surface area contributed by atoms with Gasteiger partial charge in [-0.25, -0.2) is 4.39 Å². The first-order valence-electron chi connectivity index (χ1n) is 9.19. The third-order valence-corrected chi connectivity index (χ3v) is 3.64. The molecule has 0 fully saturated rings. The van der Waals surface area contributed by atoms with Crippen molar-refractivity contribution in [1.29, 1.82) is 0 Å². The smallest absolute Gasteiger partial charge is 0.224 e. The highest BCUT2D eigenvalue weighted by molar-refractivity contribution is 5.80. The fraction of sp³-hybridized carbons (Fsp3) is 0.579. The Kier molecular flexibility index (Phi) is 11.1. The Labute approximate surface area is 150 Å². The summed E-state index contributed by atoms with van der Waals surface area (Å²) < 4.78 is 12.8. The Bertz CT molecular complexity index is 517. The van der Waals surface area contributed by atoms with Gasteiger partial charge in [-0.1, -0.05) is 38.3 Å². The Morgan fingerprint density at radius 3 is 2.40 bits per heavy atom. The van der Waals surface area contributed by atoms with E-state index in [1.165, 1.54) is 31.4 Å². The summed E-state index contributed by atoms with van der Waals surface area (Å²) >= 11 is 0. The molecule has 0 aliphatic heterocycles. The van der Waals surface area contributed by atoms with Gasteiger partial charge in [-0.15, -0.1) is 0 Å². The molecule has 0 bridgehead atoms. The van der Waals surface area contributed by atoms with Gasteiger partial charge in [0.15, 0.2) is 5.96 Å². The first-order valence-corrected chi connectivity index (χ1v) is 9.19. The van der Waals surface area contributed by atoms with E-state index in [0.29, 0.717) is 13.1 Å². The van der Waals surface area contributed by atoms with Crippen molar-refractivity contribution in [2.75, 3.05) is 26.2 Å². The number of nitrogens with zero attached hydrogens (tertiary/aromatic N) is 1. The van der Waals surface area contributed by atoms with E-state index in [2.05, 4.69) is 27.9 Å². The maximum absolute atomic E-state index is 12.8. The van der Waals surface area contributed by atoms with Crippen LogP contribution < -0.4 is 16.0 Å². The molecule has 0 heterocycles. The van der Waals surface area contributed by atoms with Gasteiger partial charge in [-0.3, -0.25) is 9.79 Å². The zero-order valence-corrected chi connectivity index (χ0v) is 15.4. The van der Waals surface area contributed by atoms with Gasteiger partial charge in [0, 0.05) is 26.2 Å². The van der Waals surface area contributed by atoms with Crippen molar-refractivity contribution in [2.24, 2.45) is 4.99 Å². The zero-order valence-electron chi connectivity index (χ0n) is 15.4. The van der Waals surface area contributed by atoms with Gasteiger partial charge in [0.25, 0.3) is 0 Å². The van der Waals surface area contributed by atoms with E-state index in [-0.39, 0.29) is 18.1 Å². The molecular weight excluding hydrogens is 319 g/mol. The third-order valence-electron chi connectivity index (χ3n) is 3.64. The number of aliphatic imine (C=N–C) groups is 1. The summed E-state index contributed by atoms with van der Waals surface area (Å²) in [5, 5.41) is 9.26. The summed E-state index contributed by atoms with van der Waals surface area (Å²) in [5.41, 5.74) is 0.800. The Morgan fingerprint density at radius 1 is 1.00 bits per heavy atom. The van der Waals surface area contributed by atoms with Crippen LogP contribution in [0.25, 0.3) is 0 Å². The molecule has 140 valence electrons. The minimum Gasteiger partial charge on any atom is -0.357 e. The number of carbonyl (C=O) groups excluding carboxylic acids is 1. The van der Waals surface area contributed by atoms with Crippen molar-refractivity contribution in [2.45, 2.75) is 46.0 Å². The quantitative estimate of drug-likeness (QED) is 0.326. The maximum atomic E-state index is 12.8. The van der Waals surface area contributed by atoms with Crippen LogP contribution in [0.4, 0.5) is 4.39 Å². The van der Waals surface area contributed by atoms with Crippen LogP contribution in [0.5, 0.6) is 0 Å². The van der Waals surface area contributed by atoms with E-state index < -0.39 is 0 Å². The normalized spacial score (nSPS) is 11.2. The second kappa shape index (κ2) is 13.2. The summed E-state index contributed by atoms with van der Waals surface area (Å²) in [5.74, 6) is 0.417. The monoisotopic (exact) mass is 350 g/mol. The lowest BCUT2D eigenvalue weighted by Gasteiger charge is -2.12. The first kappa shape index (κ1) is 20.9. The number of benzene rings is 1. The van der Waals surface area contributed by atoms with Crippen LogP contribution in [-0.4, -0.2) is 38.0 Å². The maximum Gasteiger partial charge on any atom is 0.224 e. The average Bonchev–Trinajstić information content (AvgIpc) is 2.60. The molecule has 0 radical (unpaired) electrons. The van der Waals surface area contributed by atoms with Crippen LogP contribution in [0, 0.1) is 5.82 Å². The van der Waals surface area contributed by atoms with Gasteiger partial charge in [-0.2, -0.15) is 0 Å². The number of halogens is 1. The number of guanidine groups is 1. The van der Waals surface area contributed by atoms with Crippen molar-refractivity contribution in [3.05, 3.63) is 35.6 Å². The molecule has 0 spiro atoms. The molecular formula is C19H31FN4O. The van der Waals surface area contributed by atoms with Gasteiger partial charge < -0.3 is 16.0 Å². The molecule has 0 saturated heterocycles. The fourth-order valence-corrected chi connectivity index (χ4v) is 2.30. The Morgan fingerprint density at radius 2 is 1.72 bits per heavy atom. The number of hydrogen-bond donors (Lipinski definition) is 3. The van der Waals surface area contributed by atoms with Crippen LogP contribution in [-0.2, 0) is 11.2 Å². The van der Waals surface area contributed by atoms with Crippen LogP contribution in [0.3, 0.4) is 0 Å². The zero-order chi connectivity index (χ0) is 18.3. The predicted octanol–water partition coefficient (Wildman–Crippen LogP) is 2.62. The van der Waals surface area contributed by atoms with Crippen molar-refractivity contribution < 1.29 is 9.18 Å². The number of unbranched alkanes of at least 4 members (excludes halogenated alkanes) is 3. The summed E-state index contributed by atoms with van der Waals surface area (Å²) in [4.78, 5) is 16.4. The van der Waals surface area contributed by atoms with E-state index >= 15 is 0 Å². The second-order valence-corrected chi connectivity index (χ2v) is 5.90. The number of amides is 1. The topological polar surface area (TPSA) is 65.5 Å². The van der Waals surface area contributed by atoms with E-state index in [1.807, 2.05) is 6.92 Å². The molecule has 0 saturated carbocycles. The summed E-state index contributed by atoms with van der Waals surface area (Å²) in [6.45, 7) is 6.96. The summed E-state index contributed by atoms with van der Waals surface area (Å²) in [7, 11) is 0. The van der Waals surface area contributed by atoms with Crippen LogP contribution >= 0.6 is 0 Å². The lowest BCUT2D eigenvalue weighted by molar-refractivity contribution is -0.120. The molecule has 25 heavy (non-hydrogen) atoms. The standard InChI is InChI=1S/C19H31FN4O/c1-3-5-6-7-12-23-19(21-4-2)24-14-13-22-18(25)15-16-8-10-17(20)11-9-16/h8-11H,3-7,12-15H2,1-2H3,(H,22,25)(H2,21,23,24). The van der Waals surface area contributed by atoms with E-state index in [4.69, 9.17) is 0 Å². The van der Waals surface area contributed by atoms with Crippen LogP contribution in [0.2, 0.25) is 0 Å². The Balaban J connectivity index is 2.22. The SMILES string of the molecule is CCCCCCN=C(NCC)NCCNC(=O)Cc1ccc(F)cc1. The molecule has 0 atom stereocenters. The third kappa shape index (κ3) is 10.4. The summed E-state index contributed by atoms with van der Waals surface area (Å²) in [6.07, 6.45) is 5.03. The van der Waals surface area contributed by atoms with Gasteiger partial charge in [0.2, 0.25) is 5.91 Å². The average molecular weight is 350 g/mol. The molecule has 1 aromatic carbocycles. The molecule has 0 unspecified atom stereocenters. The van der Waals surface area contributed by atoms with E-state index in [1.54, 1.807) is 12.1 Å². The van der Waals surface area contributed by atoms with Gasteiger partial charge >= 0.3 is 0 Å². The van der Waals surface area contributed by atoms with Crippen molar-refractivity contribution in [3.8, 4) is 0 Å². The largest absolute Gasteiger partial charge is 0.357 e. The fourth-order valence-electron chi connectivity index (χ4n) is 2.30. The summed E-state index contributed by atoms with van der Waals surface area (Å²) in [6, 6.07) is 5.98. The highest BCUT2D eigenvalue weighted by atomic mass is 19.1. The number of carbonyl (C=O) groups is 1. The van der Waals surface area contributed by atoms with Crippen LogP contribution in [0.1, 0.15) is 45.1 Å². The Hall–Kier alpha value is -2.11. The highest BCUT2D eigenvalue weighted by Crippen LogP contribution is 2.03. The van der Waals surface area contributed by atoms with Crippen molar-refractivity contribution in [1.82, 2.24) is 16.0 Å². The lowest BCUT2D eigenvalue weighted by Crippen LogP contribution is -2.41. The number of nitrogens with one attached hydrogen (secondary N) is 3. The highest BCUT2D eigenvalue weighted by Gasteiger charge is 2.03. The van der Waals surface area contributed by atoms with E-state index in [9.17, 15) is 9.18 Å². The molecule has 1 aromatic rings. The number of rotatable bonds is 11. The number of hydrogen-bond acceptors (Lipinski definition) is 2. The molecule has 1 amide bonds. The molecule has 1 rings (SSSR count). The molecule has 0 aliphatic carbocycles. The predicted molar refractivity (Wildman–Crippen MR) is 101 cm³/mol. The minimum atomic E-state index is -0.293. The second-order valence-electron chi connectivity index (χ2n) is 5.90. The van der Waals surface area contributed by atoms with Crippen LogP contribution in [0.15, 0.2) is 29.3 Å². The molecule has 0 aliphatic rings. The minimum absolute atomic E-state index is 0.0742. The lowest BCUT2D eigenvalue weighted by atomic mass is 10.1. The van der Waals surface area contributed by atoms with E-state index in [0.717, 1.165) is 31.0 Å². The molecule has 6 heteroatoms. The molecule has 0 aromatic heterocycles. The van der Waals surface area contributed by atoms with Gasteiger partial charge in [-0.05, 0) is 31.0 Å². The van der Waals surface area contributed by atoms with Crippen molar-refractivity contribution >= 4 is 11.9 Å². The first-order chi connectivity index (χ1) is 12.2. The van der Waals surface area contributed by atoms with Crippen molar-refractivity contribution in [3.63, 3.8) is 0 Å².